The zero-order valence-corrected chi connectivity index (χ0v) is 10.7. The van der Waals surface area contributed by atoms with Crippen LogP contribution in [-0.2, 0) is 0 Å². The minimum Gasteiger partial charge on any atom is -0.0625 e. The van der Waals surface area contributed by atoms with Gasteiger partial charge >= 0.3 is 0 Å². The van der Waals surface area contributed by atoms with Crippen LogP contribution < -0.4 is 0 Å². The van der Waals surface area contributed by atoms with Crippen molar-refractivity contribution in [2.75, 3.05) is 0 Å². The third-order valence-corrected chi connectivity index (χ3v) is 5.60. The van der Waals surface area contributed by atoms with E-state index in [9.17, 15) is 0 Å². The van der Waals surface area contributed by atoms with Gasteiger partial charge in [-0.3, -0.25) is 0 Å². The van der Waals surface area contributed by atoms with Crippen LogP contribution in [-0.4, -0.2) is 0 Å². The van der Waals surface area contributed by atoms with Crippen molar-refractivity contribution in [2.45, 2.75) is 54.4 Å². The van der Waals surface area contributed by atoms with Gasteiger partial charge in [0.25, 0.3) is 0 Å². The van der Waals surface area contributed by atoms with E-state index < -0.39 is 0 Å². The SMILES string of the molecule is CC(C)C(C)C(C)(C)CC12CC1C2C. The van der Waals surface area contributed by atoms with Crippen molar-refractivity contribution in [3.8, 4) is 0 Å². The maximum atomic E-state index is 2.48. The molecule has 0 spiro atoms. The van der Waals surface area contributed by atoms with Gasteiger partial charge in [0, 0.05) is 0 Å². The molecule has 0 N–H and O–H groups in total. The van der Waals surface area contributed by atoms with Crippen LogP contribution >= 0.6 is 0 Å². The Balaban J connectivity index is 1.96. The Morgan fingerprint density at radius 3 is 2.07 bits per heavy atom. The zero-order chi connectivity index (χ0) is 10.7. The van der Waals surface area contributed by atoms with Gasteiger partial charge in [-0.25, -0.2) is 0 Å². The lowest BCUT2D eigenvalue weighted by Crippen LogP contribution is -2.28. The molecule has 82 valence electrons. The van der Waals surface area contributed by atoms with Gasteiger partial charge in [-0.15, -0.1) is 0 Å². The predicted molar refractivity (Wildman–Crippen MR) is 62.1 cm³/mol. The van der Waals surface area contributed by atoms with Gasteiger partial charge in [-0.2, -0.15) is 0 Å². The Labute approximate surface area is 89.5 Å². The summed E-state index contributed by atoms with van der Waals surface area (Å²) >= 11 is 0. The van der Waals surface area contributed by atoms with E-state index in [0.29, 0.717) is 5.41 Å². The van der Waals surface area contributed by atoms with Gasteiger partial charge in [-0.1, -0.05) is 41.5 Å². The topological polar surface area (TPSA) is 0 Å². The molecule has 2 rings (SSSR count). The van der Waals surface area contributed by atoms with Crippen molar-refractivity contribution in [2.24, 2.45) is 34.5 Å². The molecule has 0 aromatic carbocycles. The van der Waals surface area contributed by atoms with Gasteiger partial charge in [0.05, 0.1) is 0 Å². The van der Waals surface area contributed by atoms with Gasteiger partial charge in [0.15, 0.2) is 0 Å². The highest BCUT2D eigenvalue weighted by Gasteiger charge is 2.76. The fourth-order valence-electron chi connectivity index (χ4n) is 3.63. The van der Waals surface area contributed by atoms with Crippen LogP contribution in [0.15, 0.2) is 0 Å². The molecule has 0 aromatic heterocycles. The molecule has 2 fully saturated rings. The molecule has 2 aliphatic carbocycles. The first-order valence-corrected chi connectivity index (χ1v) is 6.31. The first-order valence-electron chi connectivity index (χ1n) is 6.31. The van der Waals surface area contributed by atoms with E-state index in [1.54, 1.807) is 6.42 Å². The Hall–Kier alpha value is 0. The summed E-state index contributed by atoms with van der Waals surface area (Å²) in [5.41, 5.74) is 1.38. The molecule has 0 radical (unpaired) electrons. The summed E-state index contributed by atoms with van der Waals surface area (Å²) in [6, 6.07) is 0. The lowest BCUT2D eigenvalue weighted by atomic mass is 9.69. The van der Waals surface area contributed by atoms with Crippen LogP contribution in [0.5, 0.6) is 0 Å². The first kappa shape index (κ1) is 10.5. The largest absolute Gasteiger partial charge is 0.0625 e. The lowest BCUT2D eigenvalue weighted by Gasteiger charge is -2.36. The molecular formula is C14H26. The molecule has 0 amide bonds. The normalized spacial score (nSPS) is 42.2. The summed E-state index contributed by atoms with van der Waals surface area (Å²) in [5.74, 6) is 3.86. The summed E-state index contributed by atoms with van der Waals surface area (Å²) in [6.45, 7) is 14.6. The molecule has 0 aromatic rings. The average Bonchev–Trinajstić information content (AvgIpc) is 2.90. The van der Waals surface area contributed by atoms with E-state index >= 15 is 0 Å². The maximum absolute atomic E-state index is 2.48. The monoisotopic (exact) mass is 194 g/mol. The Morgan fingerprint density at radius 1 is 1.29 bits per heavy atom. The van der Waals surface area contributed by atoms with E-state index in [4.69, 9.17) is 0 Å². The van der Waals surface area contributed by atoms with Crippen LogP contribution in [0.4, 0.5) is 0 Å². The Morgan fingerprint density at radius 2 is 1.79 bits per heavy atom. The number of hydrogen-bond donors (Lipinski definition) is 0. The molecule has 2 saturated carbocycles. The molecule has 4 atom stereocenters. The van der Waals surface area contributed by atoms with E-state index in [1.807, 2.05) is 0 Å². The summed E-state index contributed by atoms with van der Waals surface area (Å²) in [5, 5.41) is 0. The van der Waals surface area contributed by atoms with Crippen molar-refractivity contribution < 1.29 is 0 Å². The third kappa shape index (κ3) is 1.33. The lowest BCUT2D eigenvalue weighted by molar-refractivity contribution is 0.135. The molecule has 4 unspecified atom stereocenters. The quantitative estimate of drug-likeness (QED) is 0.624. The van der Waals surface area contributed by atoms with Crippen LogP contribution in [0.3, 0.4) is 0 Å². The second kappa shape index (κ2) is 2.77. The van der Waals surface area contributed by atoms with Crippen LogP contribution in [0.2, 0.25) is 0 Å². The first-order chi connectivity index (χ1) is 6.31. The Bertz CT molecular complexity index is 232. The van der Waals surface area contributed by atoms with Gasteiger partial charge in [0.2, 0.25) is 0 Å². The minimum atomic E-state index is 0.549. The van der Waals surface area contributed by atoms with Crippen LogP contribution in [0.1, 0.15) is 54.4 Å². The average molecular weight is 194 g/mol. The van der Waals surface area contributed by atoms with Crippen molar-refractivity contribution in [1.29, 1.82) is 0 Å². The third-order valence-electron chi connectivity index (χ3n) is 5.60. The van der Waals surface area contributed by atoms with Crippen molar-refractivity contribution in [3.05, 3.63) is 0 Å². The molecule has 0 saturated heterocycles. The van der Waals surface area contributed by atoms with E-state index in [1.165, 1.54) is 6.42 Å². The molecule has 2 aliphatic rings. The molecule has 0 aliphatic heterocycles. The van der Waals surface area contributed by atoms with Crippen molar-refractivity contribution in [3.63, 3.8) is 0 Å². The second-order valence-electron chi connectivity index (χ2n) is 7.03. The van der Waals surface area contributed by atoms with E-state index in [0.717, 1.165) is 29.1 Å². The van der Waals surface area contributed by atoms with Gasteiger partial charge in [0.1, 0.15) is 0 Å². The standard InChI is InChI=1S/C14H26/c1-9(2)10(3)13(5,6)8-14-7-12(14)11(14)4/h9-12H,7-8H2,1-6H3. The smallest absolute Gasteiger partial charge is 0.0230 e. The molecule has 0 bridgehead atoms. The van der Waals surface area contributed by atoms with Gasteiger partial charge in [-0.05, 0) is 47.3 Å². The van der Waals surface area contributed by atoms with E-state index in [-0.39, 0.29) is 0 Å². The predicted octanol–water partition coefficient (Wildman–Crippen LogP) is 4.35. The summed E-state index contributed by atoms with van der Waals surface area (Å²) < 4.78 is 0. The van der Waals surface area contributed by atoms with Crippen molar-refractivity contribution in [1.82, 2.24) is 0 Å². The highest BCUT2D eigenvalue weighted by Crippen LogP contribution is 2.83. The molecule has 14 heavy (non-hydrogen) atoms. The number of fused-ring (bicyclic) bond motifs is 1. The summed E-state index contributed by atoms with van der Waals surface area (Å²) in [7, 11) is 0. The zero-order valence-electron chi connectivity index (χ0n) is 10.7. The molecule has 0 heterocycles. The van der Waals surface area contributed by atoms with Crippen LogP contribution in [0, 0.1) is 34.5 Å². The molecule has 0 heteroatoms. The summed E-state index contributed by atoms with van der Waals surface area (Å²) in [4.78, 5) is 0. The van der Waals surface area contributed by atoms with Gasteiger partial charge < -0.3 is 0 Å². The fraction of sp³-hybridized carbons (Fsp3) is 1.00. The highest BCUT2D eigenvalue weighted by molar-refractivity contribution is 5.24. The molecule has 0 nitrogen and oxygen atoms in total. The maximum Gasteiger partial charge on any atom is -0.0230 e. The second-order valence-corrected chi connectivity index (χ2v) is 7.03. The number of rotatable bonds is 4. The number of hydrogen-bond acceptors (Lipinski definition) is 0. The van der Waals surface area contributed by atoms with Crippen molar-refractivity contribution >= 4 is 0 Å². The Kier molecular flexibility index (Phi) is 2.08. The minimum absolute atomic E-state index is 0.549. The molecular weight excluding hydrogens is 168 g/mol. The highest BCUT2D eigenvalue weighted by atomic mass is 14.8. The fourth-order valence-corrected chi connectivity index (χ4v) is 3.63. The van der Waals surface area contributed by atoms with Crippen LogP contribution in [0.25, 0.3) is 0 Å². The van der Waals surface area contributed by atoms with E-state index in [2.05, 4.69) is 41.5 Å². The summed E-state index contributed by atoms with van der Waals surface area (Å²) in [6.07, 6.45) is 3.02.